The zero-order valence-electron chi connectivity index (χ0n) is 22.2. The van der Waals surface area contributed by atoms with Gasteiger partial charge in [-0.25, -0.2) is 8.42 Å². The van der Waals surface area contributed by atoms with Crippen molar-refractivity contribution in [1.29, 1.82) is 0 Å². The number of carbonyl (C=O) groups excluding carboxylic acids is 2. The number of sulfonamides is 1. The predicted octanol–water partition coefficient (Wildman–Crippen LogP) is 5.86. The number of benzene rings is 3. The normalized spacial score (nSPS) is 12.8. The van der Waals surface area contributed by atoms with E-state index in [0.29, 0.717) is 17.1 Å². The second-order valence-electron chi connectivity index (χ2n) is 9.19. The van der Waals surface area contributed by atoms with Crippen LogP contribution in [0.15, 0.2) is 83.8 Å². The van der Waals surface area contributed by atoms with Crippen LogP contribution in [0.2, 0.25) is 5.02 Å². The summed E-state index contributed by atoms with van der Waals surface area (Å²) in [7, 11) is -4.08. The van der Waals surface area contributed by atoms with E-state index in [2.05, 4.69) is 27.9 Å². The smallest absolute Gasteiger partial charge is 0.264 e. The second kappa shape index (κ2) is 14.1. The largest absolute Gasteiger partial charge is 0.352 e. The van der Waals surface area contributed by atoms with Crippen LogP contribution in [0.1, 0.15) is 39.2 Å². The molecule has 1 N–H and O–H groups in total. The average Bonchev–Trinajstić information content (AvgIpc) is 2.93. The molecule has 0 saturated carbocycles. The van der Waals surface area contributed by atoms with E-state index in [0.717, 1.165) is 19.9 Å². The minimum absolute atomic E-state index is 0.0687. The molecule has 0 aromatic heterocycles. The number of halogens is 2. The molecule has 0 aliphatic rings. The Hall–Kier alpha value is -2.63. The number of rotatable bonds is 12. The quantitative estimate of drug-likeness (QED) is 0.243. The minimum Gasteiger partial charge on any atom is -0.352 e. The predicted molar refractivity (Wildman–Crippen MR) is 164 cm³/mol. The lowest BCUT2D eigenvalue weighted by Gasteiger charge is -2.33. The standard InChI is InChI=1S/C29H33ClIN3O4S/c1-4-21(3)32-29(36)27(5-2)33(19-22-11-13-23(30)14-12-22)28(35)20-34(25-17-15-24(31)16-18-25)39(37,38)26-9-7-6-8-10-26/h6-18,21,27H,4-5,19-20H2,1-3H3,(H,32,36). The Bertz CT molecular complexity index is 1350. The van der Waals surface area contributed by atoms with Crippen LogP contribution in [0.25, 0.3) is 0 Å². The molecule has 10 heteroatoms. The fourth-order valence-electron chi connectivity index (χ4n) is 4.00. The number of anilines is 1. The molecule has 0 heterocycles. The van der Waals surface area contributed by atoms with E-state index in [-0.39, 0.29) is 23.4 Å². The summed E-state index contributed by atoms with van der Waals surface area (Å²) < 4.78 is 29.6. The number of amides is 2. The van der Waals surface area contributed by atoms with E-state index >= 15 is 0 Å². The summed E-state index contributed by atoms with van der Waals surface area (Å²) in [5, 5.41) is 3.52. The fourth-order valence-corrected chi connectivity index (χ4v) is 5.92. The molecular formula is C29H33ClIN3O4S. The molecule has 3 aromatic rings. The highest BCUT2D eigenvalue weighted by atomic mass is 127. The number of nitrogens with one attached hydrogen (secondary N) is 1. The lowest BCUT2D eigenvalue weighted by atomic mass is 10.1. The van der Waals surface area contributed by atoms with E-state index < -0.39 is 28.5 Å². The lowest BCUT2D eigenvalue weighted by molar-refractivity contribution is -0.140. The third kappa shape index (κ3) is 8.18. The minimum atomic E-state index is -4.08. The SMILES string of the molecule is CCC(C)NC(=O)C(CC)N(Cc1ccc(Cl)cc1)C(=O)CN(c1ccc(I)cc1)S(=O)(=O)c1ccccc1. The third-order valence-corrected chi connectivity index (χ3v) is 9.14. The number of hydrogen-bond acceptors (Lipinski definition) is 4. The number of hydrogen-bond donors (Lipinski definition) is 1. The van der Waals surface area contributed by atoms with Gasteiger partial charge in [0.05, 0.1) is 10.6 Å². The zero-order valence-corrected chi connectivity index (χ0v) is 25.9. The highest BCUT2D eigenvalue weighted by Crippen LogP contribution is 2.25. The molecule has 7 nitrogen and oxygen atoms in total. The van der Waals surface area contributed by atoms with Crippen LogP contribution in [0, 0.1) is 3.57 Å². The summed E-state index contributed by atoms with van der Waals surface area (Å²) in [5.41, 5.74) is 1.13. The van der Waals surface area contributed by atoms with Gasteiger partial charge in [-0.2, -0.15) is 0 Å². The first-order chi connectivity index (χ1) is 18.6. The summed E-state index contributed by atoms with van der Waals surface area (Å²) in [6.07, 6.45) is 1.10. The molecule has 0 aliphatic carbocycles. The van der Waals surface area contributed by atoms with Crippen molar-refractivity contribution >= 4 is 61.7 Å². The summed E-state index contributed by atoms with van der Waals surface area (Å²) >= 11 is 8.20. The summed E-state index contributed by atoms with van der Waals surface area (Å²) in [5.74, 6) is -0.768. The molecule has 0 radical (unpaired) electrons. The third-order valence-electron chi connectivity index (χ3n) is 6.38. The Morgan fingerprint density at radius 1 is 0.923 bits per heavy atom. The average molecular weight is 682 g/mol. The molecule has 0 fully saturated rings. The molecule has 2 atom stereocenters. The van der Waals surface area contributed by atoms with Crippen LogP contribution in [0.3, 0.4) is 0 Å². The molecule has 3 aromatic carbocycles. The van der Waals surface area contributed by atoms with Gasteiger partial charge in [0, 0.05) is 21.2 Å². The van der Waals surface area contributed by atoms with Crippen molar-refractivity contribution in [3.63, 3.8) is 0 Å². The van der Waals surface area contributed by atoms with E-state index in [4.69, 9.17) is 11.6 Å². The van der Waals surface area contributed by atoms with Crippen molar-refractivity contribution in [2.45, 2.75) is 57.1 Å². The Balaban J connectivity index is 2.03. The first-order valence-corrected chi connectivity index (χ1v) is 15.6. The van der Waals surface area contributed by atoms with Crippen LogP contribution in [-0.4, -0.2) is 43.8 Å². The lowest BCUT2D eigenvalue weighted by Crippen LogP contribution is -2.53. The van der Waals surface area contributed by atoms with Gasteiger partial charge in [0.15, 0.2) is 0 Å². The molecule has 39 heavy (non-hydrogen) atoms. The van der Waals surface area contributed by atoms with Crippen molar-refractivity contribution in [1.82, 2.24) is 10.2 Å². The molecule has 0 saturated heterocycles. The maximum Gasteiger partial charge on any atom is 0.264 e. The molecule has 0 bridgehead atoms. The van der Waals surface area contributed by atoms with Gasteiger partial charge >= 0.3 is 0 Å². The van der Waals surface area contributed by atoms with Gasteiger partial charge in [-0.3, -0.25) is 13.9 Å². The van der Waals surface area contributed by atoms with Gasteiger partial charge in [0.1, 0.15) is 12.6 Å². The highest BCUT2D eigenvalue weighted by molar-refractivity contribution is 14.1. The van der Waals surface area contributed by atoms with E-state index in [1.165, 1.54) is 17.0 Å². The van der Waals surface area contributed by atoms with E-state index in [1.54, 1.807) is 66.7 Å². The van der Waals surface area contributed by atoms with Crippen LogP contribution in [-0.2, 0) is 26.2 Å². The first kappa shape index (κ1) is 30.9. The first-order valence-electron chi connectivity index (χ1n) is 12.7. The summed E-state index contributed by atoms with van der Waals surface area (Å²) in [4.78, 5) is 28.8. The molecule has 2 amide bonds. The van der Waals surface area contributed by atoms with Crippen molar-refractivity contribution < 1.29 is 18.0 Å². The van der Waals surface area contributed by atoms with Crippen molar-refractivity contribution in [2.24, 2.45) is 0 Å². The number of carbonyl (C=O) groups is 2. The van der Waals surface area contributed by atoms with Crippen LogP contribution in [0.4, 0.5) is 5.69 Å². The van der Waals surface area contributed by atoms with E-state index in [9.17, 15) is 18.0 Å². The van der Waals surface area contributed by atoms with Crippen molar-refractivity contribution in [3.05, 3.63) is 93.0 Å². The monoisotopic (exact) mass is 681 g/mol. The van der Waals surface area contributed by atoms with Gasteiger partial charge in [-0.15, -0.1) is 0 Å². The summed E-state index contributed by atoms with van der Waals surface area (Å²) in [6.45, 7) is 5.35. The molecular weight excluding hydrogens is 649 g/mol. The Morgan fingerprint density at radius 3 is 2.10 bits per heavy atom. The topological polar surface area (TPSA) is 86.8 Å². The van der Waals surface area contributed by atoms with Gasteiger partial charge in [-0.1, -0.05) is 55.8 Å². The van der Waals surface area contributed by atoms with Crippen molar-refractivity contribution in [2.75, 3.05) is 10.8 Å². The molecule has 0 aliphatic heterocycles. The Labute approximate surface area is 249 Å². The van der Waals surface area contributed by atoms with Crippen LogP contribution >= 0.6 is 34.2 Å². The Kier molecular flexibility index (Phi) is 11.2. The molecule has 208 valence electrons. The van der Waals surface area contributed by atoms with Gasteiger partial charge in [0.25, 0.3) is 10.0 Å². The van der Waals surface area contributed by atoms with Gasteiger partial charge < -0.3 is 10.2 Å². The van der Waals surface area contributed by atoms with Gasteiger partial charge in [0.2, 0.25) is 11.8 Å². The van der Waals surface area contributed by atoms with E-state index in [1.807, 2.05) is 20.8 Å². The molecule has 3 rings (SSSR count). The second-order valence-corrected chi connectivity index (χ2v) is 12.7. The van der Waals surface area contributed by atoms with Gasteiger partial charge in [-0.05, 0) is 96.5 Å². The maximum absolute atomic E-state index is 14.0. The zero-order chi connectivity index (χ0) is 28.6. The van der Waals surface area contributed by atoms with Crippen molar-refractivity contribution in [3.8, 4) is 0 Å². The van der Waals surface area contributed by atoms with Crippen LogP contribution < -0.4 is 9.62 Å². The number of nitrogens with zero attached hydrogens (tertiary/aromatic N) is 2. The summed E-state index contributed by atoms with van der Waals surface area (Å²) in [6, 6.07) is 21.1. The fraction of sp³-hybridized carbons (Fsp3) is 0.310. The van der Waals surface area contributed by atoms with Crippen LogP contribution in [0.5, 0.6) is 0 Å². The Morgan fingerprint density at radius 2 is 1.54 bits per heavy atom. The maximum atomic E-state index is 14.0. The molecule has 0 spiro atoms. The molecule has 2 unspecified atom stereocenters. The highest BCUT2D eigenvalue weighted by Gasteiger charge is 2.33.